The van der Waals surface area contributed by atoms with Crippen molar-refractivity contribution < 1.29 is 14.3 Å². The number of ether oxygens (including phenoxy) is 1. The van der Waals surface area contributed by atoms with E-state index in [0.717, 1.165) is 24.6 Å². The highest BCUT2D eigenvalue weighted by molar-refractivity contribution is 7.99. The Hall–Kier alpha value is -2.35. The second-order valence-corrected chi connectivity index (χ2v) is 8.55. The summed E-state index contributed by atoms with van der Waals surface area (Å²) >= 11 is 1.16. The van der Waals surface area contributed by atoms with Crippen LogP contribution in [0.3, 0.4) is 0 Å². The summed E-state index contributed by atoms with van der Waals surface area (Å²) < 4.78 is 5.98. The topological polar surface area (TPSA) is 90.3 Å². The fourth-order valence-corrected chi connectivity index (χ4v) is 4.56. The molecule has 156 valence electrons. The first-order valence-electron chi connectivity index (χ1n) is 9.89. The number of nitrogens with one attached hydrogen (secondary N) is 1. The van der Waals surface area contributed by atoms with Gasteiger partial charge in [0.25, 0.3) is 5.56 Å². The first-order valence-corrected chi connectivity index (χ1v) is 10.9. The quantitative estimate of drug-likeness (QED) is 0.441. The standard InChI is InChI=1S/C21H27N3O4S/c1-13-7-6-10-16(14(13)2)22-18(25)12-29-21-23-17-9-5-4-8-15(17)20(27)24(21)11-19(26)28-3/h4-5,8-9,13-14,16H,6-7,10-12H2,1-3H3,(H,22,25)/t13-,14+,16-/m0/s1. The van der Waals surface area contributed by atoms with E-state index in [2.05, 4.69) is 24.1 Å². The SMILES string of the molecule is COC(=O)Cn1c(SCC(=O)N[C@H]2CCC[C@H](C)[C@H]2C)nc2ccccc2c1=O. The lowest BCUT2D eigenvalue weighted by Gasteiger charge is -2.34. The molecule has 8 heteroatoms. The van der Waals surface area contributed by atoms with Crippen LogP contribution in [-0.2, 0) is 20.9 Å². The number of para-hydroxylation sites is 1. The van der Waals surface area contributed by atoms with E-state index in [1.54, 1.807) is 24.3 Å². The Morgan fingerprint density at radius 1 is 1.28 bits per heavy atom. The van der Waals surface area contributed by atoms with Crippen LogP contribution in [0.25, 0.3) is 10.9 Å². The molecule has 29 heavy (non-hydrogen) atoms. The fourth-order valence-electron chi connectivity index (χ4n) is 3.76. The number of aromatic nitrogens is 2. The van der Waals surface area contributed by atoms with E-state index >= 15 is 0 Å². The summed E-state index contributed by atoms with van der Waals surface area (Å²) in [7, 11) is 1.27. The van der Waals surface area contributed by atoms with Gasteiger partial charge in [-0.25, -0.2) is 4.98 Å². The number of fused-ring (bicyclic) bond motifs is 1. The molecular weight excluding hydrogens is 390 g/mol. The molecule has 1 N–H and O–H groups in total. The molecule has 1 aliphatic rings. The zero-order chi connectivity index (χ0) is 21.0. The second-order valence-electron chi connectivity index (χ2n) is 7.61. The highest BCUT2D eigenvalue weighted by Crippen LogP contribution is 2.29. The number of nitrogens with zero attached hydrogens (tertiary/aromatic N) is 2. The van der Waals surface area contributed by atoms with Gasteiger partial charge in [-0.1, -0.05) is 50.6 Å². The van der Waals surface area contributed by atoms with Gasteiger partial charge < -0.3 is 10.1 Å². The summed E-state index contributed by atoms with van der Waals surface area (Å²) in [6.07, 6.45) is 3.31. The predicted octanol–water partition coefficient (Wildman–Crippen LogP) is 2.60. The molecule has 1 aromatic carbocycles. The van der Waals surface area contributed by atoms with Crippen molar-refractivity contribution in [2.75, 3.05) is 12.9 Å². The maximum Gasteiger partial charge on any atom is 0.325 e. The molecule has 1 aliphatic carbocycles. The number of hydrogen-bond donors (Lipinski definition) is 1. The molecule has 1 aromatic heterocycles. The molecular formula is C21H27N3O4S. The van der Waals surface area contributed by atoms with E-state index in [1.807, 2.05) is 0 Å². The highest BCUT2D eigenvalue weighted by atomic mass is 32.2. The van der Waals surface area contributed by atoms with Gasteiger partial charge in [0.05, 0.1) is 23.8 Å². The summed E-state index contributed by atoms with van der Waals surface area (Å²) in [4.78, 5) is 41.7. The lowest BCUT2D eigenvalue weighted by Crippen LogP contribution is -2.44. The van der Waals surface area contributed by atoms with E-state index in [0.29, 0.717) is 27.9 Å². The van der Waals surface area contributed by atoms with Crippen LogP contribution in [0.1, 0.15) is 33.1 Å². The van der Waals surface area contributed by atoms with Crippen LogP contribution in [0.2, 0.25) is 0 Å². The van der Waals surface area contributed by atoms with Crippen molar-refractivity contribution in [3.8, 4) is 0 Å². The molecule has 0 unspecified atom stereocenters. The average Bonchev–Trinajstić information content (AvgIpc) is 2.72. The average molecular weight is 418 g/mol. The molecule has 3 atom stereocenters. The van der Waals surface area contributed by atoms with Crippen molar-refractivity contribution in [3.63, 3.8) is 0 Å². The Kier molecular flexibility index (Phi) is 6.95. The van der Waals surface area contributed by atoms with E-state index in [4.69, 9.17) is 4.74 Å². The minimum Gasteiger partial charge on any atom is -0.468 e. The van der Waals surface area contributed by atoms with Crippen molar-refractivity contribution in [2.24, 2.45) is 11.8 Å². The van der Waals surface area contributed by atoms with Gasteiger partial charge in [-0.15, -0.1) is 0 Å². The second kappa shape index (κ2) is 9.43. The van der Waals surface area contributed by atoms with Gasteiger partial charge in [0, 0.05) is 6.04 Å². The summed E-state index contributed by atoms with van der Waals surface area (Å²) in [6, 6.07) is 7.14. The van der Waals surface area contributed by atoms with E-state index in [9.17, 15) is 14.4 Å². The number of rotatable bonds is 6. The number of carbonyl (C=O) groups is 2. The van der Waals surface area contributed by atoms with Crippen LogP contribution in [0.15, 0.2) is 34.2 Å². The lowest BCUT2D eigenvalue weighted by atomic mass is 9.78. The molecule has 3 rings (SSSR count). The number of esters is 1. The monoisotopic (exact) mass is 417 g/mol. The van der Waals surface area contributed by atoms with Gasteiger partial charge in [0.15, 0.2) is 5.16 Å². The van der Waals surface area contributed by atoms with Gasteiger partial charge >= 0.3 is 5.97 Å². The molecule has 7 nitrogen and oxygen atoms in total. The minimum atomic E-state index is -0.541. The maximum atomic E-state index is 12.8. The molecule has 1 amide bonds. The zero-order valence-electron chi connectivity index (χ0n) is 17.0. The number of amides is 1. The van der Waals surface area contributed by atoms with Gasteiger partial charge in [0.2, 0.25) is 5.91 Å². The summed E-state index contributed by atoms with van der Waals surface area (Å²) in [5.41, 5.74) is 0.217. The van der Waals surface area contributed by atoms with Gasteiger partial charge in [-0.3, -0.25) is 19.0 Å². The third-order valence-electron chi connectivity index (χ3n) is 5.73. The normalized spacial score (nSPS) is 21.7. The van der Waals surface area contributed by atoms with Crippen LogP contribution in [-0.4, -0.2) is 40.3 Å². The summed E-state index contributed by atoms with van der Waals surface area (Å²) in [5, 5.41) is 3.88. The highest BCUT2D eigenvalue weighted by Gasteiger charge is 2.28. The number of benzene rings is 1. The maximum absolute atomic E-state index is 12.8. The summed E-state index contributed by atoms with van der Waals surface area (Å²) in [6.45, 7) is 4.16. The largest absolute Gasteiger partial charge is 0.468 e. The number of hydrogen-bond acceptors (Lipinski definition) is 6. The smallest absolute Gasteiger partial charge is 0.325 e. The lowest BCUT2D eigenvalue weighted by molar-refractivity contribution is -0.141. The van der Waals surface area contributed by atoms with Crippen LogP contribution < -0.4 is 10.9 Å². The Morgan fingerprint density at radius 2 is 2.03 bits per heavy atom. The molecule has 0 saturated heterocycles. The van der Waals surface area contributed by atoms with Crippen molar-refractivity contribution in [3.05, 3.63) is 34.6 Å². The van der Waals surface area contributed by atoms with Crippen molar-refractivity contribution in [1.82, 2.24) is 14.9 Å². The molecule has 1 saturated carbocycles. The number of thioether (sulfide) groups is 1. The van der Waals surface area contributed by atoms with E-state index < -0.39 is 5.97 Å². The van der Waals surface area contributed by atoms with Crippen molar-refractivity contribution in [1.29, 1.82) is 0 Å². The van der Waals surface area contributed by atoms with E-state index in [-0.39, 0.29) is 29.8 Å². The van der Waals surface area contributed by atoms with Crippen molar-refractivity contribution in [2.45, 2.75) is 50.9 Å². The Bertz CT molecular complexity index is 959. The first kappa shape index (κ1) is 21.4. The zero-order valence-corrected chi connectivity index (χ0v) is 17.8. The predicted molar refractivity (Wildman–Crippen MR) is 113 cm³/mol. The van der Waals surface area contributed by atoms with Gasteiger partial charge in [0.1, 0.15) is 6.54 Å². The molecule has 0 bridgehead atoms. The third-order valence-corrected chi connectivity index (χ3v) is 6.70. The molecule has 0 radical (unpaired) electrons. The molecule has 2 aromatic rings. The Morgan fingerprint density at radius 3 is 2.79 bits per heavy atom. The van der Waals surface area contributed by atoms with Crippen LogP contribution in [0, 0.1) is 11.8 Å². The van der Waals surface area contributed by atoms with Crippen LogP contribution >= 0.6 is 11.8 Å². The Balaban J connectivity index is 1.77. The third kappa shape index (κ3) is 4.98. The fraction of sp³-hybridized carbons (Fsp3) is 0.524. The minimum absolute atomic E-state index is 0.0898. The van der Waals surface area contributed by atoms with Crippen LogP contribution in [0.4, 0.5) is 0 Å². The van der Waals surface area contributed by atoms with Gasteiger partial charge in [-0.05, 0) is 30.4 Å². The number of methoxy groups -OCH3 is 1. The molecule has 1 heterocycles. The first-order chi connectivity index (χ1) is 13.9. The summed E-state index contributed by atoms with van der Waals surface area (Å²) in [5.74, 6) is 0.528. The van der Waals surface area contributed by atoms with Crippen LogP contribution in [0.5, 0.6) is 0 Å². The van der Waals surface area contributed by atoms with E-state index in [1.165, 1.54) is 18.1 Å². The van der Waals surface area contributed by atoms with Gasteiger partial charge in [-0.2, -0.15) is 0 Å². The molecule has 0 spiro atoms. The van der Waals surface area contributed by atoms with Crippen molar-refractivity contribution >= 4 is 34.5 Å². The molecule has 0 aliphatic heterocycles. The number of carbonyl (C=O) groups excluding carboxylic acids is 2. The molecule has 1 fully saturated rings. The Labute approximate surface area is 174 Å².